The monoisotopic (exact) mass is 849 g/mol. The molecule has 0 aliphatic heterocycles. The van der Waals surface area contributed by atoms with E-state index in [1.54, 1.807) is 0 Å². The maximum absolute atomic E-state index is 12.8. The first kappa shape index (κ1) is 58.4. The fourth-order valence-corrected chi connectivity index (χ4v) is 8.17. The zero-order valence-corrected chi connectivity index (χ0v) is 41.1. The summed E-state index contributed by atoms with van der Waals surface area (Å²) >= 11 is 0. The van der Waals surface area contributed by atoms with Crippen LogP contribution in [-0.4, -0.2) is 37.2 Å². The molecule has 0 aromatic carbocycles. The molecule has 356 valence electrons. The summed E-state index contributed by atoms with van der Waals surface area (Å²) < 4.78 is 16.8. The van der Waals surface area contributed by atoms with Gasteiger partial charge in [-0.25, -0.2) is 0 Å². The van der Waals surface area contributed by atoms with Crippen molar-refractivity contribution in [2.24, 2.45) is 11.8 Å². The Morgan fingerprint density at radius 2 is 0.550 bits per heavy atom. The van der Waals surface area contributed by atoms with Crippen LogP contribution in [0.1, 0.15) is 298 Å². The largest absolute Gasteiger partial charge is 0.462 e. The highest BCUT2D eigenvalue weighted by Gasteiger charge is 2.19. The normalized spacial score (nSPS) is 12.1. The maximum Gasteiger partial charge on any atom is 0.306 e. The Kier molecular flexibility index (Phi) is 45.7. The van der Waals surface area contributed by atoms with Crippen LogP contribution >= 0.6 is 0 Å². The lowest BCUT2D eigenvalue weighted by atomic mass is 10.0. The van der Waals surface area contributed by atoms with Crippen molar-refractivity contribution in [2.75, 3.05) is 13.2 Å². The number of esters is 3. The van der Waals surface area contributed by atoms with Gasteiger partial charge in [-0.2, -0.15) is 0 Å². The third-order valence-electron chi connectivity index (χ3n) is 12.2. The van der Waals surface area contributed by atoms with Gasteiger partial charge >= 0.3 is 17.9 Å². The molecular weight excluding hydrogens is 745 g/mol. The predicted molar refractivity (Wildman–Crippen MR) is 256 cm³/mol. The van der Waals surface area contributed by atoms with Crippen molar-refractivity contribution in [2.45, 2.75) is 304 Å². The highest BCUT2D eigenvalue weighted by molar-refractivity contribution is 5.71. The molecular formula is C54H104O6. The molecule has 0 amide bonds. The van der Waals surface area contributed by atoms with E-state index in [2.05, 4.69) is 34.6 Å². The summed E-state index contributed by atoms with van der Waals surface area (Å²) in [5, 5.41) is 0. The van der Waals surface area contributed by atoms with Gasteiger partial charge in [0.15, 0.2) is 6.10 Å². The van der Waals surface area contributed by atoms with Crippen LogP contribution < -0.4 is 0 Å². The second kappa shape index (κ2) is 46.9. The SMILES string of the molecule is CCCCCCCCCCCCCCCCCCC(=O)O[C@H](COC(=O)CCCCCCCCCCCCCCCC(C)C)COC(=O)CCCCCCCCCC(C)C. The number of carbonyl (C=O) groups is 3. The molecule has 0 aliphatic rings. The molecule has 0 heterocycles. The van der Waals surface area contributed by atoms with Crippen LogP contribution in [0.4, 0.5) is 0 Å². The Balaban J connectivity index is 4.28. The third kappa shape index (κ3) is 47.5. The molecule has 6 heteroatoms. The van der Waals surface area contributed by atoms with Gasteiger partial charge in [-0.3, -0.25) is 14.4 Å². The molecule has 0 aromatic rings. The lowest BCUT2D eigenvalue weighted by molar-refractivity contribution is -0.167. The molecule has 60 heavy (non-hydrogen) atoms. The first-order valence-electron chi connectivity index (χ1n) is 26.7. The van der Waals surface area contributed by atoms with Gasteiger partial charge in [0.1, 0.15) is 13.2 Å². The van der Waals surface area contributed by atoms with Crippen molar-refractivity contribution in [1.82, 2.24) is 0 Å². The number of ether oxygens (including phenoxy) is 3. The summed E-state index contributed by atoms with van der Waals surface area (Å²) in [5.74, 6) is 0.773. The van der Waals surface area contributed by atoms with Gasteiger partial charge in [-0.15, -0.1) is 0 Å². The Morgan fingerprint density at radius 3 is 0.817 bits per heavy atom. The van der Waals surface area contributed by atoms with E-state index in [4.69, 9.17) is 14.2 Å². The fraction of sp³-hybridized carbons (Fsp3) is 0.944. The molecule has 0 spiro atoms. The molecule has 0 bridgehead atoms. The molecule has 0 N–H and O–H groups in total. The second-order valence-electron chi connectivity index (χ2n) is 19.5. The van der Waals surface area contributed by atoms with Gasteiger partial charge in [0, 0.05) is 19.3 Å². The average molecular weight is 849 g/mol. The highest BCUT2D eigenvalue weighted by atomic mass is 16.6. The lowest BCUT2D eigenvalue weighted by Gasteiger charge is -2.18. The summed E-state index contributed by atoms with van der Waals surface area (Å²) in [5.41, 5.74) is 0. The Morgan fingerprint density at radius 1 is 0.317 bits per heavy atom. The van der Waals surface area contributed by atoms with Crippen molar-refractivity contribution in [3.8, 4) is 0 Å². The molecule has 1 atom stereocenters. The standard InChI is InChI=1S/C54H104O6/c1-6-7-8-9-10-11-12-13-14-15-18-22-25-30-36-41-46-54(57)60-51(48-59-53(56)45-40-35-31-26-28-33-38-43-50(4)5)47-58-52(55)44-39-34-29-24-21-19-16-17-20-23-27-32-37-42-49(2)3/h49-51H,6-48H2,1-5H3/t51-/m1/s1. The van der Waals surface area contributed by atoms with Crippen LogP contribution in [0.15, 0.2) is 0 Å². The van der Waals surface area contributed by atoms with E-state index in [9.17, 15) is 14.4 Å². The van der Waals surface area contributed by atoms with E-state index in [1.165, 1.54) is 186 Å². The maximum atomic E-state index is 12.8. The van der Waals surface area contributed by atoms with Crippen LogP contribution in [-0.2, 0) is 28.6 Å². The number of carbonyl (C=O) groups excluding carboxylic acids is 3. The zero-order chi connectivity index (χ0) is 44.0. The van der Waals surface area contributed by atoms with E-state index in [0.29, 0.717) is 19.3 Å². The predicted octanol–water partition coefficient (Wildman–Crippen LogP) is 17.3. The van der Waals surface area contributed by atoms with Crippen LogP contribution in [0.2, 0.25) is 0 Å². The molecule has 0 unspecified atom stereocenters. The molecule has 0 radical (unpaired) electrons. The van der Waals surface area contributed by atoms with E-state index in [0.717, 1.165) is 69.6 Å². The van der Waals surface area contributed by atoms with Crippen molar-refractivity contribution >= 4 is 17.9 Å². The highest BCUT2D eigenvalue weighted by Crippen LogP contribution is 2.17. The number of rotatable bonds is 48. The molecule has 0 aromatic heterocycles. The third-order valence-corrected chi connectivity index (χ3v) is 12.2. The number of hydrogen-bond acceptors (Lipinski definition) is 6. The number of unbranched alkanes of at least 4 members (excludes halogenated alkanes) is 33. The Hall–Kier alpha value is -1.59. The van der Waals surface area contributed by atoms with Gasteiger partial charge < -0.3 is 14.2 Å². The first-order valence-corrected chi connectivity index (χ1v) is 26.7. The van der Waals surface area contributed by atoms with Gasteiger partial charge in [0.25, 0.3) is 0 Å². The minimum absolute atomic E-state index is 0.0639. The van der Waals surface area contributed by atoms with Crippen molar-refractivity contribution in [3.05, 3.63) is 0 Å². The Labute approximate surface area is 374 Å². The smallest absolute Gasteiger partial charge is 0.306 e. The zero-order valence-electron chi connectivity index (χ0n) is 41.1. The molecule has 0 saturated carbocycles. The van der Waals surface area contributed by atoms with Crippen LogP contribution in [0.3, 0.4) is 0 Å². The summed E-state index contributed by atoms with van der Waals surface area (Å²) in [6, 6.07) is 0. The van der Waals surface area contributed by atoms with E-state index >= 15 is 0 Å². The molecule has 0 fully saturated rings. The van der Waals surface area contributed by atoms with E-state index < -0.39 is 6.10 Å². The Bertz CT molecular complexity index is 916. The van der Waals surface area contributed by atoms with Gasteiger partial charge in [0.2, 0.25) is 0 Å². The number of hydrogen-bond donors (Lipinski definition) is 0. The summed E-state index contributed by atoms with van der Waals surface area (Å²) in [4.78, 5) is 38.0. The van der Waals surface area contributed by atoms with Gasteiger partial charge in [-0.05, 0) is 31.1 Å². The molecule has 0 aliphatic carbocycles. The van der Waals surface area contributed by atoms with Crippen LogP contribution in [0, 0.1) is 11.8 Å². The summed E-state index contributed by atoms with van der Waals surface area (Å²) in [6.45, 7) is 11.3. The fourth-order valence-electron chi connectivity index (χ4n) is 8.17. The van der Waals surface area contributed by atoms with Crippen molar-refractivity contribution in [3.63, 3.8) is 0 Å². The second-order valence-corrected chi connectivity index (χ2v) is 19.5. The van der Waals surface area contributed by atoms with Crippen molar-refractivity contribution in [1.29, 1.82) is 0 Å². The minimum atomic E-state index is -0.762. The average Bonchev–Trinajstić information content (AvgIpc) is 3.22. The molecule has 0 saturated heterocycles. The topological polar surface area (TPSA) is 78.9 Å². The van der Waals surface area contributed by atoms with E-state index in [1.807, 2.05) is 0 Å². The van der Waals surface area contributed by atoms with Crippen LogP contribution in [0.25, 0.3) is 0 Å². The minimum Gasteiger partial charge on any atom is -0.462 e. The quantitative estimate of drug-likeness (QED) is 0.0345. The van der Waals surface area contributed by atoms with Gasteiger partial charge in [-0.1, -0.05) is 259 Å². The van der Waals surface area contributed by atoms with Crippen LogP contribution in [0.5, 0.6) is 0 Å². The van der Waals surface area contributed by atoms with Gasteiger partial charge in [0.05, 0.1) is 0 Å². The lowest BCUT2D eigenvalue weighted by Crippen LogP contribution is -2.30. The summed E-state index contributed by atoms with van der Waals surface area (Å²) in [6.07, 6.45) is 48.1. The van der Waals surface area contributed by atoms with Crippen molar-refractivity contribution < 1.29 is 28.6 Å². The first-order chi connectivity index (χ1) is 29.2. The molecule has 6 nitrogen and oxygen atoms in total. The van der Waals surface area contributed by atoms with E-state index in [-0.39, 0.29) is 31.1 Å². The summed E-state index contributed by atoms with van der Waals surface area (Å²) in [7, 11) is 0. The molecule has 0 rings (SSSR count).